The third-order valence-electron chi connectivity index (χ3n) is 3.89. The quantitative estimate of drug-likeness (QED) is 0.557. The van der Waals surface area contributed by atoms with Crippen LogP contribution in [0, 0.1) is 12.7 Å². The number of aryl methyl sites for hydroxylation is 1. The third-order valence-corrected chi connectivity index (χ3v) is 4.11. The SMILES string of the molecule is Cc1cnn2c(NCCC(=O)NCCS)cc(-c3ccccc3F)nc12. The topological polar surface area (TPSA) is 71.3 Å². The molecule has 0 bridgehead atoms. The van der Waals surface area contributed by atoms with E-state index in [1.165, 1.54) is 6.07 Å². The fourth-order valence-corrected chi connectivity index (χ4v) is 2.71. The first-order valence-corrected chi connectivity index (χ1v) is 8.95. The highest BCUT2D eigenvalue weighted by atomic mass is 32.1. The van der Waals surface area contributed by atoms with E-state index in [9.17, 15) is 9.18 Å². The summed E-state index contributed by atoms with van der Waals surface area (Å²) in [6.45, 7) is 2.86. The smallest absolute Gasteiger partial charge is 0.221 e. The summed E-state index contributed by atoms with van der Waals surface area (Å²) in [7, 11) is 0. The second-order valence-electron chi connectivity index (χ2n) is 5.82. The molecule has 0 aliphatic carbocycles. The van der Waals surface area contributed by atoms with Crippen molar-refractivity contribution in [2.45, 2.75) is 13.3 Å². The van der Waals surface area contributed by atoms with E-state index in [0.717, 1.165) is 5.56 Å². The summed E-state index contributed by atoms with van der Waals surface area (Å²) < 4.78 is 15.8. The Hall–Kier alpha value is -2.61. The van der Waals surface area contributed by atoms with Crippen molar-refractivity contribution in [3.63, 3.8) is 0 Å². The Morgan fingerprint density at radius 2 is 2.12 bits per heavy atom. The third kappa shape index (κ3) is 3.96. The van der Waals surface area contributed by atoms with Gasteiger partial charge in [-0.25, -0.2) is 9.37 Å². The molecule has 3 aromatic rings. The zero-order valence-electron chi connectivity index (χ0n) is 14.4. The van der Waals surface area contributed by atoms with Crippen LogP contribution in [0.1, 0.15) is 12.0 Å². The molecular formula is C18H20FN5OS. The average molecular weight is 373 g/mol. The van der Waals surface area contributed by atoms with Gasteiger partial charge in [0.25, 0.3) is 0 Å². The van der Waals surface area contributed by atoms with Gasteiger partial charge in [0, 0.05) is 42.5 Å². The van der Waals surface area contributed by atoms with Gasteiger partial charge in [0.2, 0.25) is 5.91 Å². The highest BCUT2D eigenvalue weighted by molar-refractivity contribution is 7.80. The van der Waals surface area contributed by atoms with Crippen LogP contribution in [0.15, 0.2) is 36.5 Å². The maximum Gasteiger partial charge on any atom is 0.221 e. The van der Waals surface area contributed by atoms with E-state index in [2.05, 4.69) is 33.3 Å². The maximum absolute atomic E-state index is 14.2. The number of halogens is 1. The fourth-order valence-electron chi connectivity index (χ4n) is 2.59. The number of thiol groups is 1. The number of benzene rings is 1. The number of amides is 1. The van der Waals surface area contributed by atoms with E-state index < -0.39 is 0 Å². The number of hydrogen-bond acceptors (Lipinski definition) is 5. The number of fused-ring (bicyclic) bond motifs is 1. The first-order valence-electron chi connectivity index (χ1n) is 8.32. The van der Waals surface area contributed by atoms with Crippen LogP contribution in [-0.2, 0) is 4.79 Å². The number of anilines is 1. The van der Waals surface area contributed by atoms with Crippen molar-refractivity contribution in [1.29, 1.82) is 0 Å². The van der Waals surface area contributed by atoms with Crippen LogP contribution in [0.2, 0.25) is 0 Å². The van der Waals surface area contributed by atoms with Crippen molar-refractivity contribution in [3.8, 4) is 11.3 Å². The molecule has 1 amide bonds. The van der Waals surface area contributed by atoms with Crippen LogP contribution in [0.5, 0.6) is 0 Å². The zero-order valence-corrected chi connectivity index (χ0v) is 15.3. The minimum atomic E-state index is -0.335. The fraction of sp³-hybridized carbons (Fsp3) is 0.278. The summed E-state index contributed by atoms with van der Waals surface area (Å²) in [6, 6.07) is 8.25. The van der Waals surface area contributed by atoms with Gasteiger partial charge in [-0.15, -0.1) is 0 Å². The standard InChI is InChI=1S/C18H20FN5OS/c1-12-11-22-24-16(20-7-6-17(25)21-8-9-26)10-15(23-18(12)24)13-4-2-3-5-14(13)19/h2-5,10-11,20,26H,6-9H2,1H3,(H,21,25). The molecule has 136 valence electrons. The largest absolute Gasteiger partial charge is 0.369 e. The molecule has 0 aliphatic heterocycles. The Kier molecular flexibility index (Phi) is 5.72. The predicted molar refractivity (Wildman–Crippen MR) is 103 cm³/mol. The minimum Gasteiger partial charge on any atom is -0.369 e. The lowest BCUT2D eigenvalue weighted by molar-refractivity contribution is -0.120. The normalized spacial score (nSPS) is 10.9. The van der Waals surface area contributed by atoms with Crippen LogP contribution in [0.25, 0.3) is 16.9 Å². The van der Waals surface area contributed by atoms with Gasteiger partial charge in [0.05, 0.1) is 11.9 Å². The van der Waals surface area contributed by atoms with E-state index in [0.29, 0.717) is 48.0 Å². The molecule has 0 fully saturated rings. The molecule has 0 unspecified atom stereocenters. The predicted octanol–water partition coefficient (Wildman–Crippen LogP) is 2.69. The number of carbonyl (C=O) groups excluding carboxylic acids is 1. The molecule has 0 radical (unpaired) electrons. The molecule has 0 saturated carbocycles. The van der Waals surface area contributed by atoms with Crippen molar-refractivity contribution in [2.75, 3.05) is 24.2 Å². The van der Waals surface area contributed by atoms with Crippen molar-refractivity contribution >= 4 is 30.0 Å². The molecule has 2 aromatic heterocycles. The zero-order chi connectivity index (χ0) is 18.5. The molecular weight excluding hydrogens is 353 g/mol. The van der Waals surface area contributed by atoms with Crippen LogP contribution in [0.3, 0.4) is 0 Å². The van der Waals surface area contributed by atoms with E-state index in [1.807, 2.05) is 6.92 Å². The van der Waals surface area contributed by atoms with Gasteiger partial charge in [-0.05, 0) is 19.1 Å². The molecule has 0 atom stereocenters. The summed E-state index contributed by atoms with van der Waals surface area (Å²) in [4.78, 5) is 16.3. The Morgan fingerprint density at radius 1 is 1.31 bits per heavy atom. The lowest BCUT2D eigenvalue weighted by Crippen LogP contribution is -2.27. The van der Waals surface area contributed by atoms with E-state index in [-0.39, 0.29) is 11.7 Å². The van der Waals surface area contributed by atoms with Gasteiger partial charge in [0.15, 0.2) is 5.65 Å². The molecule has 2 heterocycles. The lowest BCUT2D eigenvalue weighted by atomic mass is 10.1. The molecule has 2 N–H and O–H groups in total. The Morgan fingerprint density at radius 3 is 2.88 bits per heavy atom. The maximum atomic E-state index is 14.2. The Balaban J connectivity index is 1.87. The van der Waals surface area contributed by atoms with Crippen LogP contribution < -0.4 is 10.6 Å². The number of nitrogens with one attached hydrogen (secondary N) is 2. The molecule has 8 heteroatoms. The second kappa shape index (κ2) is 8.18. The monoisotopic (exact) mass is 373 g/mol. The van der Waals surface area contributed by atoms with Crippen LogP contribution in [-0.4, -0.2) is 39.3 Å². The summed E-state index contributed by atoms with van der Waals surface area (Å²) in [5.41, 5.74) is 2.47. The molecule has 1 aromatic carbocycles. The number of carbonyl (C=O) groups is 1. The van der Waals surface area contributed by atoms with Gasteiger partial charge in [-0.1, -0.05) is 12.1 Å². The van der Waals surface area contributed by atoms with Gasteiger partial charge in [-0.2, -0.15) is 22.2 Å². The second-order valence-corrected chi connectivity index (χ2v) is 6.27. The number of rotatable bonds is 7. The Bertz CT molecular complexity index is 927. The number of nitrogens with zero attached hydrogens (tertiary/aromatic N) is 3. The summed E-state index contributed by atoms with van der Waals surface area (Å²) >= 11 is 4.06. The first-order chi connectivity index (χ1) is 12.6. The molecule has 3 rings (SSSR count). The number of hydrogen-bond donors (Lipinski definition) is 3. The molecule has 0 saturated heterocycles. The Labute approximate surface area is 156 Å². The van der Waals surface area contributed by atoms with E-state index in [4.69, 9.17) is 0 Å². The molecule has 0 spiro atoms. The molecule has 6 nitrogen and oxygen atoms in total. The molecule has 26 heavy (non-hydrogen) atoms. The van der Waals surface area contributed by atoms with Crippen molar-refractivity contribution in [1.82, 2.24) is 19.9 Å². The van der Waals surface area contributed by atoms with Crippen molar-refractivity contribution in [2.24, 2.45) is 0 Å². The van der Waals surface area contributed by atoms with Crippen LogP contribution in [0.4, 0.5) is 10.2 Å². The molecule has 0 aliphatic rings. The highest BCUT2D eigenvalue weighted by Gasteiger charge is 2.13. The van der Waals surface area contributed by atoms with E-state index in [1.54, 1.807) is 35.0 Å². The number of aromatic nitrogens is 3. The minimum absolute atomic E-state index is 0.0529. The van der Waals surface area contributed by atoms with Gasteiger partial charge >= 0.3 is 0 Å². The van der Waals surface area contributed by atoms with Crippen LogP contribution >= 0.6 is 12.6 Å². The van der Waals surface area contributed by atoms with Gasteiger partial charge < -0.3 is 10.6 Å². The van der Waals surface area contributed by atoms with Gasteiger partial charge in [0.1, 0.15) is 11.6 Å². The average Bonchev–Trinajstić information content (AvgIpc) is 3.01. The summed E-state index contributed by atoms with van der Waals surface area (Å²) in [5, 5.41) is 10.3. The summed E-state index contributed by atoms with van der Waals surface area (Å²) in [6.07, 6.45) is 2.02. The van der Waals surface area contributed by atoms with Gasteiger partial charge in [-0.3, -0.25) is 4.79 Å². The summed E-state index contributed by atoms with van der Waals surface area (Å²) in [5.74, 6) is 0.868. The van der Waals surface area contributed by atoms with Crippen molar-refractivity contribution < 1.29 is 9.18 Å². The van der Waals surface area contributed by atoms with Crippen molar-refractivity contribution in [3.05, 3.63) is 47.9 Å². The highest BCUT2D eigenvalue weighted by Crippen LogP contribution is 2.25. The van der Waals surface area contributed by atoms with E-state index >= 15 is 0 Å². The lowest BCUT2D eigenvalue weighted by Gasteiger charge is -2.11. The first kappa shape index (κ1) is 18.2.